The minimum Gasteiger partial charge on any atom is -0.790 e. The molecule has 0 saturated carbocycles. The summed E-state index contributed by atoms with van der Waals surface area (Å²) in [5.41, 5.74) is 0. The van der Waals surface area contributed by atoms with Crippen LogP contribution in [0, 0.1) is 0 Å². The zero-order valence-electron chi connectivity index (χ0n) is 9.60. The molecule has 9 heteroatoms. The fraction of sp³-hybridized carbons (Fsp3) is 1.00. The molecule has 6 nitrogen and oxygen atoms in total. The SMILES string of the molecule is CCOC(COP(=O)([O-])[O-])OCC.[Li+].[Li+]. The van der Waals surface area contributed by atoms with Crippen molar-refractivity contribution in [2.45, 2.75) is 20.1 Å². The van der Waals surface area contributed by atoms with E-state index in [2.05, 4.69) is 4.52 Å². The second kappa shape index (κ2) is 11.7. The summed E-state index contributed by atoms with van der Waals surface area (Å²) in [6, 6.07) is 0. The van der Waals surface area contributed by atoms with E-state index < -0.39 is 20.7 Å². The minimum atomic E-state index is -4.93. The van der Waals surface area contributed by atoms with Gasteiger partial charge >= 0.3 is 37.7 Å². The van der Waals surface area contributed by atoms with Gasteiger partial charge in [-0.1, -0.05) is 0 Å². The maximum absolute atomic E-state index is 10.1. The second-order valence-electron chi connectivity index (χ2n) is 2.08. The summed E-state index contributed by atoms with van der Waals surface area (Å²) in [4.78, 5) is 20.2. The Labute approximate surface area is 114 Å². The zero-order chi connectivity index (χ0) is 10.3. The fourth-order valence-electron chi connectivity index (χ4n) is 0.668. The molecular weight excluding hydrogens is 213 g/mol. The predicted octanol–water partition coefficient (Wildman–Crippen LogP) is -6.76. The molecule has 0 aromatic rings. The van der Waals surface area contributed by atoms with Crippen molar-refractivity contribution in [3.63, 3.8) is 0 Å². The van der Waals surface area contributed by atoms with E-state index in [0.717, 1.165) is 0 Å². The molecule has 0 bridgehead atoms. The van der Waals surface area contributed by atoms with Crippen molar-refractivity contribution < 1.29 is 66.1 Å². The van der Waals surface area contributed by atoms with Gasteiger partial charge < -0.3 is 28.3 Å². The van der Waals surface area contributed by atoms with Crippen LogP contribution in [0.1, 0.15) is 13.8 Å². The van der Waals surface area contributed by atoms with Crippen LogP contribution in [0.5, 0.6) is 0 Å². The summed E-state index contributed by atoms with van der Waals surface area (Å²) >= 11 is 0. The Hall–Kier alpha value is 1.22. The number of hydrogen-bond donors (Lipinski definition) is 0. The molecule has 0 aromatic carbocycles. The Bertz CT molecular complexity index is 169. The fourth-order valence-corrected chi connectivity index (χ4v) is 0.973. The van der Waals surface area contributed by atoms with Gasteiger partial charge in [0, 0.05) is 13.2 Å². The molecule has 0 amide bonds. The maximum Gasteiger partial charge on any atom is 1.00 e. The second-order valence-corrected chi connectivity index (χ2v) is 3.24. The van der Waals surface area contributed by atoms with Crippen molar-refractivity contribution in [2.24, 2.45) is 0 Å². The molecule has 0 aliphatic carbocycles. The molecule has 0 atom stereocenters. The van der Waals surface area contributed by atoms with Crippen LogP contribution in [0.15, 0.2) is 0 Å². The Morgan fingerprint density at radius 2 is 1.53 bits per heavy atom. The molecule has 0 N–H and O–H groups in total. The molecule has 0 radical (unpaired) electrons. The van der Waals surface area contributed by atoms with E-state index in [1.165, 1.54) is 0 Å². The summed E-state index contributed by atoms with van der Waals surface area (Å²) < 4.78 is 23.9. The zero-order valence-corrected chi connectivity index (χ0v) is 10.5. The van der Waals surface area contributed by atoms with Crippen LogP contribution in [0.4, 0.5) is 0 Å². The van der Waals surface area contributed by atoms with Gasteiger partial charge in [-0.15, -0.1) is 0 Å². The summed E-state index contributed by atoms with van der Waals surface area (Å²) in [6.07, 6.45) is -0.800. The average molecular weight is 226 g/mol. The molecule has 80 valence electrons. The van der Waals surface area contributed by atoms with E-state index in [9.17, 15) is 14.4 Å². The van der Waals surface area contributed by atoms with Crippen LogP contribution in [0.3, 0.4) is 0 Å². The molecule has 0 fully saturated rings. The van der Waals surface area contributed by atoms with Gasteiger partial charge in [0.15, 0.2) is 6.29 Å². The third-order valence-electron chi connectivity index (χ3n) is 1.07. The van der Waals surface area contributed by atoms with E-state index in [-0.39, 0.29) is 37.7 Å². The van der Waals surface area contributed by atoms with Crippen LogP contribution in [0.2, 0.25) is 0 Å². The van der Waals surface area contributed by atoms with Crippen molar-refractivity contribution in [3.8, 4) is 0 Å². The van der Waals surface area contributed by atoms with Gasteiger partial charge in [0.1, 0.15) is 6.61 Å². The molecular formula is C6H13Li2O6P. The Morgan fingerprint density at radius 3 is 1.80 bits per heavy atom. The summed E-state index contributed by atoms with van der Waals surface area (Å²) in [5.74, 6) is 0. The number of phosphoric acid groups is 1. The van der Waals surface area contributed by atoms with Crippen molar-refractivity contribution in [3.05, 3.63) is 0 Å². The van der Waals surface area contributed by atoms with Gasteiger partial charge in [-0.25, -0.2) is 0 Å². The summed E-state index contributed by atoms with van der Waals surface area (Å²) in [7, 11) is -4.93. The quantitative estimate of drug-likeness (QED) is 0.243. The standard InChI is InChI=1S/C6H15O6P.2Li/c1-3-10-6(11-4-2)5-12-13(7,8)9;;/h6H,3-5H2,1-2H3,(H2,7,8,9);;/q;2*+1/p-2. The number of ether oxygens (including phenoxy) is 2. The molecule has 0 heterocycles. The molecule has 15 heavy (non-hydrogen) atoms. The van der Waals surface area contributed by atoms with E-state index in [4.69, 9.17) is 9.47 Å². The molecule has 0 rings (SSSR count). The number of rotatable bonds is 7. The normalized spacial score (nSPS) is 10.7. The van der Waals surface area contributed by atoms with Gasteiger partial charge in [0.2, 0.25) is 0 Å². The monoisotopic (exact) mass is 226 g/mol. The van der Waals surface area contributed by atoms with Gasteiger partial charge in [0.25, 0.3) is 0 Å². The first-order valence-corrected chi connectivity index (χ1v) is 5.35. The van der Waals surface area contributed by atoms with Crippen LogP contribution >= 0.6 is 7.82 Å². The first-order valence-electron chi connectivity index (χ1n) is 3.89. The van der Waals surface area contributed by atoms with Crippen LogP contribution < -0.4 is 47.5 Å². The van der Waals surface area contributed by atoms with Crippen molar-refractivity contribution in [2.75, 3.05) is 19.8 Å². The maximum atomic E-state index is 10.1. The van der Waals surface area contributed by atoms with Gasteiger partial charge in [-0.05, 0) is 13.8 Å². The minimum absolute atomic E-state index is 0. The first-order chi connectivity index (χ1) is 5.99. The van der Waals surface area contributed by atoms with Gasteiger partial charge in [-0.3, -0.25) is 0 Å². The third kappa shape index (κ3) is 15.2. The Balaban J connectivity index is -0.000000720. The average Bonchev–Trinajstić information content (AvgIpc) is 2.00. The van der Waals surface area contributed by atoms with E-state index in [1.54, 1.807) is 13.8 Å². The predicted molar refractivity (Wildman–Crippen MR) is 40.6 cm³/mol. The first kappa shape index (κ1) is 21.5. The number of phosphoric ester groups is 1. The van der Waals surface area contributed by atoms with Crippen molar-refractivity contribution in [1.82, 2.24) is 0 Å². The van der Waals surface area contributed by atoms with Crippen LogP contribution in [-0.4, -0.2) is 26.1 Å². The molecule has 0 aliphatic rings. The van der Waals surface area contributed by atoms with E-state index in [1.807, 2.05) is 0 Å². The van der Waals surface area contributed by atoms with E-state index in [0.29, 0.717) is 13.2 Å². The van der Waals surface area contributed by atoms with E-state index >= 15 is 0 Å². The largest absolute Gasteiger partial charge is 1.00 e. The Morgan fingerprint density at radius 1 is 1.13 bits per heavy atom. The van der Waals surface area contributed by atoms with Crippen molar-refractivity contribution >= 4 is 7.82 Å². The molecule has 0 aromatic heterocycles. The van der Waals surface area contributed by atoms with Gasteiger partial charge in [0.05, 0.1) is 7.82 Å². The number of hydrogen-bond acceptors (Lipinski definition) is 6. The van der Waals surface area contributed by atoms with Crippen LogP contribution in [0.25, 0.3) is 0 Å². The molecule has 0 saturated heterocycles. The molecule has 0 spiro atoms. The summed E-state index contributed by atoms with van der Waals surface area (Å²) in [6.45, 7) is 3.76. The Kier molecular flexibility index (Phi) is 16.8. The smallest absolute Gasteiger partial charge is 0.790 e. The molecule has 0 unspecified atom stereocenters. The van der Waals surface area contributed by atoms with Crippen molar-refractivity contribution in [1.29, 1.82) is 0 Å². The topological polar surface area (TPSA) is 90.9 Å². The van der Waals surface area contributed by atoms with Crippen LogP contribution in [-0.2, 0) is 18.6 Å². The molecule has 0 aliphatic heterocycles. The van der Waals surface area contributed by atoms with Gasteiger partial charge in [-0.2, -0.15) is 0 Å². The summed E-state index contributed by atoms with van der Waals surface area (Å²) in [5, 5.41) is 0. The third-order valence-corrected chi connectivity index (χ3v) is 1.54.